The lowest BCUT2D eigenvalue weighted by atomic mass is 10.2. The number of pyridine rings is 1. The molecule has 0 spiro atoms. The van der Waals surface area contributed by atoms with Gasteiger partial charge in [0.1, 0.15) is 0 Å². The van der Waals surface area contributed by atoms with Gasteiger partial charge in [-0.05, 0) is 29.8 Å². The monoisotopic (exact) mass is 247 g/mol. The number of anilines is 1. The summed E-state index contributed by atoms with van der Waals surface area (Å²) in [5, 5.41) is 13.6. The summed E-state index contributed by atoms with van der Waals surface area (Å²) in [5.41, 5.74) is 0.951. The van der Waals surface area contributed by atoms with Crippen LogP contribution in [0, 0.1) is 15.9 Å². The first-order chi connectivity index (χ1) is 8.66. The Morgan fingerprint density at radius 3 is 2.67 bits per heavy atom. The fraction of sp³-hybridized carbons (Fsp3) is 0.0833. The third-order valence-corrected chi connectivity index (χ3v) is 2.39. The molecule has 0 amide bonds. The summed E-state index contributed by atoms with van der Waals surface area (Å²) in [4.78, 5) is 13.7. The molecule has 0 aliphatic heterocycles. The molecular weight excluding hydrogens is 237 g/mol. The molecule has 2 aromatic rings. The molecule has 0 saturated heterocycles. The second-order valence-corrected chi connectivity index (χ2v) is 3.63. The third-order valence-electron chi connectivity index (χ3n) is 2.39. The number of nitro groups is 1. The van der Waals surface area contributed by atoms with Gasteiger partial charge in [-0.2, -0.15) is 4.39 Å². The number of benzene rings is 1. The van der Waals surface area contributed by atoms with E-state index in [4.69, 9.17) is 0 Å². The molecule has 1 aromatic carbocycles. The highest BCUT2D eigenvalue weighted by Crippen LogP contribution is 2.21. The van der Waals surface area contributed by atoms with E-state index < -0.39 is 16.4 Å². The van der Waals surface area contributed by atoms with Crippen LogP contribution in [-0.4, -0.2) is 9.91 Å². The van der Waals surface area contributed by atoms with Gasteiger partial charge < -0.3 is 5.32 Å². The summed E-state index contributed by atoms with van der Waals surface area (Å²) in [6, 6.07) is 7.36. The lowest BCUT2D eigenvalue weighted by Gasteiger charge is -2.06. The summed E-state index contributed by atoms with van der Waals surface area (Å²) in [6.45, 7) is 0.491. The molecular formula is C12H10FN3O2. The maximum Gasteiger partial charge on any atom is 0.306 e. The first kappa shape index (κ1) is 12.0. The third kappa shape index (κ3) is 2.79. The largest absolute Gasteiger partial charge is 0.381 e. The van der Waals surface area contributed by atoms with Gasteiger partial charge in [0, 0.05) is 30.7 Å². The highest BCUT2D eigenvalue weighted by atomic mass is 19.1. The molecule has 1 aromatic heterocycles. The Hall–Kier alpha value is -2.50. The highest BCUT2D eigenvalue weighted by Gasteiger charge is 2.13. The molecule has 0 radical (unpaired) electrons. The number of nitrogens with zero attached hydrogens (tertiary/aromatic N) is 2. The molecule has 2 rings (SSSR count). The SMILES string of the molecule is O=[N+]([O-])c1cc(NCc2ccncc2)ccc1F. The van der Waals surface area contributed by atoms with Gasteiger partial charge in [0.05, 0.1) is 4.92 Å². The number of nitro benzene ring substituents is 1. The van der Waals surface area contributed by atoms with Crippen molar-refractivity contribution < 1.29 is 9.31 Å². The first-order valence-corrected chi connectivity index (χ1v) is 5.23. The van der Waals surface area contributed by atoms with E-state index in [9.17, 15) is 14.5 Å². The van der Waals surface area contributed by atoms with Crippen molar-refractivity contribution in [1.29, 1.82) is 0 Å². The molecule has 0 fully saturated rings. The van der Waals surface area contributed by atoms with Crippen molar-refractivity contribution in [2.24, 2.45) is 0 Å². The van der Waals surface area contributed by atoms with E-state index in [1.165, 1.54) is 12.1 Å². The van der Waals surface area contributed by atoms with E-state index in [0.717, 1.165) is 11.6 Å². The van der Waals surface area contributed by atoms with Crippen molar-refractivity contribution in [2.45, 2.75) is 6.54 Å². The molecule has 0 bridgehead atoms. The normalized spacial score (nSPS) is 10.1. The predicted molar refractivity (Wildman–Crippen MR) is 64.6 cm³/mol. The van der Waals surface area contributed by atoms with E-state index in [2.05, 4.69) is 10.3 Å². The summed E-state index contributed by atoms with van der Waals surface area (Å²) >= 11 is 0. The lowest BCUT2D eigenvalue weighted by Crippen LogP contribution is -2.01. The maximum absolute atomic E-state index is 13.1. The fourth-order valence-electron chi connectivity index (χ4n) is 1.47. The van der Waals surface area contributed by atoms with Gasteiger partial charge in [0.25, 0.3) is 0 Å². The Labute approximate surface area is 102 Å². The number of hydrogen-bond donors (Lipinski definition) is 1. The second kappa shape index (κ2) is 5.22. The van der Waals surface area contributed by atoms with Crippen LogP contribution in [0.1, 0.15) is 5.56 Å². The van der Waals surface area contributed by atoms with Crippen LogP contribution < -0.4 is 5.32 Å². The molecule has 0 aliphatic carbocycles. The van der Waals surface area contributed by atoms with E-state index in [1.807, 2.05) is 12.1 Å². The predicted octanol–water partition coefficient (Wildman–Crippen LogP) is 2.74. The van der Waals surface area contributed by atoms with Crippen LogP contribution in [0.15, 0.2) is 42.7 Å². The Bertz CT molecular complexity index is 561. The zero-order chi connectivity index (χ0) is 13.0. The summed E-state index contributed by atoms with van der Waals surface area (Å²) in [6.07, 6.45) is 3.31. The number of nitrogens with one attached hydrogen (secondary N) is 1. The molecule has 18 heavy (non-hydrogen) atoms. The van der Waals surface area contributed by atoms with Crippen molar-refractivity contribution in [3.8, 4) is 0 Å². The van der Waals surface area contributed by atoms with Crippen molar-refractivity contribution in [1.82, 2.24) is 4.98 Å². The molecule has 6 heteroatoms. The van der Waals surface area contributed by atoms with Gasteiger partial charge >= 0.3 is 5.69 Å². The standard InChI is InChI=1S/C12H10FN3O2/c13-11-2-1-10(7-12(11)16(17)18)15-8-9-3-5-14-6-4-9/h1-7,15H,8H2. The fourth-order valence-corrected chi connectivity index (χ4v) is 1.47. The number of rotatable bonds is 4. The molecule has 0 saturated carbocycles. The second-order valence-electron chi connectivity index (χ2n) is 3.63. The summed E-state index contributed by atoms with van der Waals surface area (Å²) in [7, 11) is 0. The Morgan fingerprint density at radius 1 is 1.28 bits per heavy atom. The van der Waals surface area contributed by atoms with E-state index in [-0.39, 0.29) is 0 Å². The number of hydrogen-bond acceptors (Lipinski definition) is 4. The van der Waals surface area contributed by atoms with Crippen LogP contribution in [0.25, 0.3) is 0 Å². The smallest absolute Gasteiger partial charge is 0.306 e. The van der Waals surface area contributed by atoms with Gasteiger partial charge in [0.2, 0.25) is 5.82 Å². The highest BCUT2D eigenvalue weighted by molar-refractivity contribution is 5.51. The van der Waals surface area contributed by atoms with Gasteiger partial charge in [-0.3, -0.25) is 15.1 Å². The Morgan fingerprint density at radius 2 is 2.00 bits per heavy atom. The van der Waals surface area contributed by atoms with Crippen LogP contribution in [0.2, 0.25) is 0 Å². The number of aromatic nitrogens is 1. The number of halogens is 1. The van der Waals surface area contributed by atoms with E-state index in [0.29, 0.717) is 12.2 Å². The minimum atomic E-state index is -0.838. The molecule has 0 unspecified atom stereocenters. The summed E-state index contributed by atoms with van der Waals surface area (Å²) in [5.74, 6) is -0.838. The summed E-state index contributed by atoms with van der Waals surface area (Å²) < 4.78 is 13.1. The van der Waals surface area contributed by atoms with Crippen molar-refractivity contribution >= 4 is 11.4 Å². The molecule has 92 valence electrons. The zero-order valence-corrected chi connectivity index (χ0v) is 9.34. The van der Waals surface area contributed by atoms with Gasteiger partial charge in [0.15, 0.2) is 0 Å². The van der Waals surface area contributed by atoms with Crippen LogP contribution in [0.4, 0.5) is 15.8 Å². The van der Waals surface area contributed by atoms with Crippen LogP contribution >= 0.6 is 0 Å². The van der Waals surface area contributed by atoms with Gasteiger partial charge in [-0.25, -0.2) is 0 Å². The topological polar surface area (TPSA) is 68.1 Å². The molecule has 1 N–H and O–H groups in total. The molecule has 5 nitrogen and oxygen atoms in total. The molecule has 0 aliphatic rings. The average Bonchev–Trinajstić information content (AvgIpc) is 2.38. The quantitative estimate of drug-likeness (QED) is 0.666. The molecule has 1 heterocycles. The molecule has 0 atom stereocenters. The first-order valence-electron chi connectivity index (χ1n) is 5.23. The Kier molecular flexibility index (Phi) is 3.47. The van der Waals surface area contributed by atoms with Crippen molar-refractivity contribution in [2.75, 3.05) is 5.32 Å². The minimum absolute atomic E-state index is 0.491. The Balaban J connectivity index is 2.11. The van der Waals surface area contributed by atoms with Crippen LogP contribution in [-0.2, 0) is 6.54 Å². The van der Waals surface area contributed by atoms with Crippen molar-refractivity contribution in [3.05, 3.63) is 64.2 Å². The zero-order valence-electron chi connectivity index (χ0n) is 9.34. The van der Waals surface area contributed by atoms with Gasteiger partial charge in [-0.1, -0.05) is 0 Å². The van der Waals surface area contributed by atoms with E-state index >= 15 is 0 Å². The van der Waals surface area contributed by atoms with Crippen LogP contribution in [0.3, 0.4) is 0 Å². The van der Waals surface area contributed by atoms with Gasteiger partial charge in [-0.15, -0.1) is 0 Å². The minimum Gasteiger partial charge on any atom is -0.381 e. The maximum atomic E-state index is 13.1. The van der Waals surface area contributed by atoms with E-state index in [1.54, 1.807) is 12.4 Å². The lowest BCUT2D eigenvalue weighted by molar-refractivity contribution is -0.387. The van der Waals surface area contributed by atoms with Crippen molar-refractivity contribution in [3.63, 3.8) is 0 Å². The van der Waals surface area contributed by atoms with Crippen LogP contribution in [0.5, 0.6) is 0 Å². The average molecular weight is 247 g/mol.